The van der Waals surface area contributed by atoms with E-state index < -0.39 is 23.1 Å². The SMILES string of the molecule is CC(C)n1c(=O)n(CCCO)c(=O)c2c1nc(-c1cccnc1OC[C@H]1CC1(F)F)n2Cc1ccccc1. The zero-order chi connectivity index (χ0) is 27.0. The molecule has 9 nitrogen and oxygen atoms in total. The number of aliphatic hydroxyl groups is 1. The Morgan fingerprint density at radius 2 is 1.87 bits per heavy atom. The Hall–Kier alpha value is -3.86. The molecule has 1 N–H and O–H groups in total. The van der Waals surface area contributed by atoms with E-state index in [0.717, 1.165) is 10.1 Å². The summed E-state index contributed by atoms with van der Waals surface area (Å²) in [7, 11) is 0. The van der Waals surface area contributed by atoms with Crippen LogP contribution in [0.25, 0.3) is 22.6 Å². The minimum absolute atomic E-state index is 0.0551. The molecule has 1 fully saturated rings. The number of aromatic nitrogens is 5. The lowest BCUT2D eigenvalue weighted by atomic mass is 10.2. The molecular formula is C27H29F2N5O4. The van der Waals surface area contributed by atoms with Crippen LogP contribution in [0.15, 0.2) is 58.3 Å². The second-order valence-corrected chi connectivity index (χ2v) is 9.79. The lowest BCUT2D eigenvalue weighted by Crippen LogP contribution is -2.41. The van der Waals surface area contributed by atoms with Gasteiger partial charge in [-0.2, -0.15) is 0 Å². The van der Waals surface area contributed by atoms with Crippen molar-refractivity contribution in [3.05, 3.63) is 75.1 Å². The molecule has 1 aliphatic carbocycles. The number of benzene rings is 1. The zero-order valence-electron chi connectivity index (χ0n) is 21.2. The molecule has 0 unspecified atom stereocenters. The Balaban J connectivity index is 1.74. The highest BCUT2D eigenvalue weighted by molar-refractivity contribution is 5.78. The van der Waals surface area contributed by atoms with Gasteiger partial charge in [0, 0.05) is 38.4 Å². The fraction of sp³-hybridized carbons (Fsp3) is 0.407. The Morgan fingerprint density at radius 1 is 1.13 bits per heavy atom. The summed E-state index contributed by atoms with van der Waals surface area (Å²) >= 11 is 0. The normalized spacial score (nSPS) is 16.3. The first-order chi connectivity index (χ1) is 18.2. The first kappa shape index (κ1) is 25.8. The predicted molar refractivity (Wildman–Crippen MR) is 138 cm³/mol. The minimum atomic E-state index is -2.73. The molecule has 1 atom stereocenters. The van der Waals surface area contributed by atoms with Crippen molar-refractivity contribution in [1.82, 2.24) is 23.7 Å². The summed E-state index contributed by atoms with van der Waals surface area (Å²) in [5, 5.41) is 9.35. The average molecular weight is 526 g/mol. The minimum Gasteiger partial charge on any atom is -0.477 e. The Kier molecular flexibility index (Phi) is 6.87. The van der Waals surface area contributed by atoms with Crippen molar-refractivity contribution in [2.75, 3.05) is 13.2 Å². The molecule has 0 bridgehead atoms. The van der Waals surface area contributed by atoms with Crippen LogP contribution in [0.5, 0.6) is 5.88 Å². The van der Waals surface area contributed by atoms with Gasteiger partial charge in [0.2, 0.25) is 5.88 Å². The highest BCUT2D eigenvalue weighted by atomic mass is 19.3. The molecule has 0 aliphatic heterocycles. The molecule has 0 amide bonds. The standard InChI is InChI=1S/C27H29F2N5O4/c1-17(2)34-23-21(25(36)32(26(34)37)12-7-13-35)33(15-18-8-4-3-5-9-18)22(31-23)20-10-6-11-30-24(20)38-16-19-14-27(19,28)29/h3-6,8-11,17,19,35H,7,12-16H2,1-2H3/t19-/m1/s1. The summed E-state index contributed by atoms with van der Waals surface area (Å²) in [6.07, 6.45) is 1.51. The van der Waals surface area contributed by atoms with E-state index >= 15 is 0 Å². The highest BCUT2D eigenvalue weighted by Gasteiger charge is 2.57. The van der Waals surface area contributed by atoms with Crippen LogP contribution in [-0.2, 0) is 13.1 Å². The van der Waals surface area contributed by atoms with Gasteiger partial charge in [0.1, 0.15) is 5.82 Å². The number of alkyl halides is 2. The van der Waals surface area contributed by atoms with Crippen LogP contribution in [0.4, 0.5) is 8.78 Å². The third-order valence-electron chi connectivity index (χ3n) is 6.69. The average Bonchev–Trinajstić information content (AvgIpc) is 3.35. The molecule has 3 heterocycles. The van der Waals surface area contributed by atoms with E-state index in [4.69, 9.17) is 9.72 Å². The van der Waals surface area contributed by atoms with Crippen LogP contribution >= 0.6 is 0 Å². The molecule has 0 spiro atoms. The number of halogens is 2. The van der Waals surface area contributed by atoms with Gasteiger partial charge in [-0.25, -0.2) is 23.5 Å². The van der Waals surface area contributed by atoms with Crippen molar-refractivity contribution in [2.24, 2.45) is 5.92 Å². The van der Waals surface area contributed by atoms with Crippen LogP contribution in [0.2, 0.25) is 0 Å². The van der Waals surface area contributed by atoms with Gasteiger partial charge in [0.25, 0.3) is 11.5 Å². The van der Waals surface area contributed by atoms with Crippen LogP contribution in [-0.4, -0.2) is 47.9 Å². The van der Waals surface area contributed by atoms with Crippen molar-refractivity contribution in [3.8, 4) is 17.3 Å². The van der Waals surface area contributed by atoms with E-state index in [1.807, 2.05) is 44.2 Å². The summed E-state index contributed by atoms with van der Waals surface area (Å²) in [4.78, 5) is 36.2. The summed E-state index contributed by atoms with van der Waals surface area (Å²) < 4.78 is 37.0. The third kappa shape index (κ3) is 4.73. The van der Waals surface area contributed by atoms with Gasteiger partial charge in [-0.3, -0.25) is 13.9 Å². The molecule has 0 saturated heterocycles. The summed E-state index contributed by atoms with van der Waals surface area (Å²) in [5.41, 5.74) is 0.714. The number of pyridine rings is 1. The predicted octanol–water partition coefficient (Wildman–Crippen LogP) is 3.47. The number of rotatable bonds is 10. The van der Waals surface area contributed by atoms with Gasteiger partial charge in [-0.15, -0.1) is 0 Å². The maximum atomic E-state index is 13.7. The number of fused-ring (bicyclic) bond motifs is 1. The van der Waals surface area contributed by atoms with Crippen molar-refractivity contribution in [3.63, 3.8) is 0 Å². The molecule has 3 aromatic heterocycles. The number of hydrogen-bond donors (Lipinski definition) is 1. The molecule has 5 rings (SSSR count). The molecule has 1 aromatic carbocycles. The summed E-state index contributed by atoms with van der Waals surface area (Å²) in [5.74, 6) is -3.15. The fourth-order valence-electron chi connectivity index (χ4n) is 4.58. The number of hydrogen-bond acceptors (Lipinski definition) is 6. The Morgan fingerprint density at radius 3 is 2.53 bits per heavy atom. The third-order valence-corrected chi connectivity index (χ3v) is 6.69. The van der Waals surface area contributed by atoms with Crippen LogP contribution in [0.1, 0.15) is 38.3 Å². The summed E-state index contributed by atoms with van der Waals surface area (Å²) in [6, 6.07) is 12.5. The van der Waals surface area contributed by atoms with Crippen molar-refractivity contribution < 1.29 is 18.6 Å². The summed E-state index contributed by atoms with van der Waals surface area (Å²) in [6.45, 7) is 3.60. The second kappa shape index (κ2) is 10.1. The number of nitrogens with zero attached hydrogens (tertiary/aromatic N) is 5. The van der Waals surface area contributed by atoms with Crippen molar-refractivity contribution in [1.29, 1.82) is 0 Å². The van der Waals surface area contributed by atoms with E-state index in [1.54, 1.807) is 16.7 Å². The monoisotopic (exact) mass is 525 g/mol. The van der Waals surface area contributed by atoms with Crippen molar-refractivity contribution in [2.45, 2.75) is 51.7 Å². The number of ether oxygens (including phenoxy) is 1. The smallest absolute Gasteiger partial charge is 0.332 e. The van der Waals surface area contributed by atoms with Crippen LogP contribution < -0.4 is 16.0 Å². The first-order valence-electron chi connectivity index (χ1n) is 12.6. The lowest BCUT2D eigenvalue weighted by molar-refractivity contribution is 0.0850. The Bertz CT molecular complexity index is 1580. The molecule has 0 radical (unpaired) electrons. The van der Waals surface area contributed by atoms with E-state index in [9.17, 15) is 23.5 Å². The molecule has 1 saturated carbocycles. The van der Waals surface area contributed by atoms with Gasteiger partial charge in [0.15, 0.2) is 11.2 Å². The fourth-order valence-corrected chi connectivity index (χ4v) is 4.58. The molecule has 11 heteroatoms. The quantitative estimate of drug-likeness (QED) is 0.340. The second-order valence-electron chi connectivity index (χ2n) is 9.79. The Labute approximate surface area is 217 Å². The molecule has 4 aromatic rings. The maximum Gasteiger partial charge on any atom is 0.332 e. The topological polar surface area (TPSA) is 104 Å². The molecular weight excluding hydrogens is 496 g/mol. The van der Waals surface area contributed by atoms with E-state index in [1.165, 1.54) is 10.8 Å². The largest absolute Gasteiger partial charge is 0.477 e. The van der Waals surface area contributed by atoms with Gasteiger partial charge >= 0.3 is 5.69 Å². The van der Waals surface area contributed by atoms with Gasteiger partial charge in [-0.05, 0) is 38.0 Å². The van der Waals surface area contributed by atoms with Crippen LogP contribution in [0.3, 0.4) is 0 Å². The molecule has 38 heavy (non-hydrogen) atoms. The molecule has 1 aliphatic rings. The zero-order valence-corrected chi connectivity index (χ0v) is 21.2. The van der Waals surface area contributed by atoms with Crippen LogP contribution in [0, 0.1) is 5.92 Å². The highest BCUT2D eigenvalue weighted by Crippen LogP contribution is 2.48. The lowest BCUT2D eigenvalue weighted by Gasteiger charge is -2.15. The number of imidazole rings is 1. The van der Waals surface area contributed by atoms with Crippen molar-refractivity contribution >= 4 is 11.2 Å². The van der Waals surface area contributed by atoms with Gasteiger partial charge < -0.3 is 14.4 Å². The maximum absolute atomic E-state index is 13.7. The van der Waals surface area contributed by atoms with E-state index in [2.05, 4.69) is 4.98 Å². The number of aliphatic hydroxyl groups excluding tert-OH is 1. The first-order valence-corrected chi connectivity index (χ1v) is 12.6. The molecule has 200 valence electrons. The van der Waals surface area contributed by atoms with Gasteiger partial charge in [0.05, 0.1) is 18.1 Å². The van der Waals surface area contributed by atoms with Gasteiger partial charge in [-0.1, -0.05) is 30.3 Å². The van der Waals surface area contributed by atoms with E-state index in [0.29, 0.717) is 11.4 Å². The van der Waals surface area contributed by atoms with E-state index in [-0.39, 0.29) is 62.2 Å².